The molecule has 0 bridgehead atoms. The van der Waals surface area contributed by atoms with Crippen molar-refractivity contribution in [2.75, 3.05) is 63.6 Å². The van der Waals surface area contributed by atoms with Crippen molar-refractivity contribution >= 4 is 17.7 Å². The van der Waals surface area contributed by atoms with E-state index in [1.165, 1.54) is 6.20 Å². The fourth-order valence-electron chi connectivity index (χ4n) is 4.11. The number of anilines is 2. The molecule has 2 unspecified atom stereocenters. The van der Waals surface area contributed by atoms with Gasteiger partial charge in [0.25, 0.3) is 0 Å². The lowest BCUT2D eigenvalue weighted by atomic mass is 9.86. The first-order chi connectivity index (χ1) is 13.0. The first-order valence-corrected chi connectivity index (χ1v) is 9.57. The van der Waals surface area contributed by atoms with Crippen molar-refractivity contribution in [2.45, 2.75) is 25.3 Å². The van der Waals surface area contributed by atoms with Crippen LogP contribution in [0.5, 0.6) is 0 Å². The lowest BCUT2D eigenvalue weighted by molar-refractivity contribution is -0.137. The van der Waals surface area contributed by atoms with Crippen LogP contribution in [0.3, 0.4) is 0 Å². The van der Waals surface area contributed by atoms with Crippen molar-refractivity contribution in [3.05, 3.63) is 12.0 Å². The molecule has 9 heteroatoms. The molecule has 2 N–H and O–H groups in total. The minimum atomic E-state index is -0.764. The van der Waals surface area contributed by atoms with Crippen molar-refractivity contribution in [2.24, 2.45) is 5.92 Å². The van der Waals surface area contributed by atoms with Crippen molar-refractivity contribution in [1.29, 1.82) is 0 Å². The van der Waals surface area contributed by atoms with Gasteiger partial charge < -0.3 is 20.2 Å². The summed E-state index contributed by atoms with van der Waals surface area (Å²) >= 11 is 0. The highest BCUT2D eigenvalue weighted by atomic mass is 19.1. The summed E-state index contributed by atoms with van der Waals surface area (Å²) in [6.07, 6.45) is 2.91. The lowest BCUT2D eigenvalue weighted by Crippen LogP contribution is -2.56. The number of carboxylic acids is 1. The van der Waals surface area contributed by atoms with Gasteiger partial charge in [-0.3, -0.25) is 9.69 Å². The molecule has 2 saturated heterocycles. The molecule has 2 aliphatic rings. The van der Waals surface area contributed by atoms with Crippen molar-refractivity contribution in [3.63, 3.8) is 0 Å². The van der Waals surface area contributed by atoms with Gasteiger partial charge in [-0.15, -0.1) is 0 Å². The van der Waals surface area contributed by atoms with Crippen LogP contribution in [0.1, 0.15) is 19.3 Å². The Labute approximate surface area is 159 Å². The molecule has 0 spiro atoms. The molecule has 150 valence electrons. The highest BCUT2D eigenvalue weighted by Crippen LogP contribution is 2.29. The minimum Gasteiger partial charge on any atom is -0.481 e. The summed E-state index contributed by atoms with van der Waals surface area (Å²) in [7, 11) is 3.76. The molecule has 3 rings (SSSR count). The van der Waals surface area contributed by atoms with Crippen LogP contribution in [-0.2, 0) is 4.79 Å². The normalized spacial score (nSPS) is 24.8. The van der Waals surface area contributed by atoms with Gasteiger partial charge in [-0.1, -0.05) is 0 Å². The van der Waals surface area contributed by atoms with Gasteiger partial charge in [0.05, 0.1) is 6.20 Å². The van der Waals surface area contributed by atoms with Crippen LogP contribution in [0.15, 0.2) is 6.20 Å². The van der Waals surface area contributed by atoms with Gasteiger partial charge in [-0.05, 0) is 25.8 Å². The fourth-order valence-corrected chi connectivity index (χ4v) is 4.11. The van der Waals surface area contributed by atoms with Gasteiger partial charge in [0.1, 0.15) is 0 Å². The third-order valence-electron chi connectivity index (χ3n) is 5.68. The largest absolute Gasteiger partial charge is 0.481 e. The van der Waals surface area contributed by atoms with Gasteiger partial charge in [0.15, 0.2) is 11.6 Å². The third-order valence-corrected chi connectivity index (χ3v) is 5.68. The second-order valence-corrected chi connectivity index (χ2v) is 7.45. The molecule has 2 fully saturated rings. The van der Waals surface area contributed by atoms with E-state index in [-0.39, 0.29) is 18.2 Å². The maximum atomic E-state index is 13.7. The van der Waals surface area contributed by atoms with E-state index in [9.17, 15) is 9.18 Å². The monoisotopic (exact) mass is 380 g/mol. The van der Waals surface area contributed by atoms with Gasteiger partial charge in [0, 0.05) is 58.8 Å². The third kappa shape index (κ3) is 4.84. The summed E-state index contributed by atoms with van der Waals surface area (Å²) in [4.78, 5) is 26.5. The Hall–Kier alpha value is -2.00. The maximum Gasteiger partial charge on any atom is 0.303 e. The molecular formula is C18H29FN6O2. The number of piperazine rings is 1. The van der Waals surface area contributed by atoms with Gasteiger partial charge >= 0.3 is 5.97 Å². The Balaban J connectivity index is 1.73. The quantitative estimate of drug-likeness (QED) is 0.755. The lowest BCUT2D eigenvalue weighted by Gasteiger charge is -2.46. The Morgan fingerprint density at radius 3 is 2.74 bits per heavy atom. The second-order valence-electron chi connectivity index (χ2n) is 7.45. The van der Waals surface area contributed by atoms with E-state index in [1.54, 1.807) is 7.05 Å². The average Bonchev–Trinajstić information content (AvgIpc) is 2.67. The van der Waals surface area contributed by atoms with Crippen LogP contribution < -0.4 is 10.2 Å². The van der Waals surface area contributed by atoms with Gasteiger partial charge in [-0.2, -0.15) is 4.98 Å². The van der Waals surface area contributed by atoms with E-state index in [1.807, 2.05) is 0 Å². The zero-order valence-electron chi connectivity index (χ0n) is 16.1. The SMILES string of the molecule is CNc1nc(N2CCC(N3CCN(C)CC3)C(CCC(=O)O)C2)ncc1F. The standard InChI is InChI=1S/C18H29FN6O2/c1-20-17-14(19)11-21-18(22-17)25-6-5-15(13(12-25)3-4-16(26)27)24-9-7-23(2)8-10-24/h11,13,15H,3-10,12H2,1-2H3,(H,26,27)(H,20,21,22). The van der Waals surface area contributed by atoms with Gasteiger partial charge in [0.2, 0.25) is 5.95 Å². The number of piperidine rings is 1. The summed E-state index contributed by atoms with van der Waals surface area (Å²) in [5.41, 5.74) is 0. The topological polar surface area (TPSA) is 84.8 Å². The molecule has 1 aromatic heterocycles. The summed E-state index contributed by atoms with van der Waals surface area (Å²) in [5.74, 6) is -0.332. The van der Waals surface area contributed by atoms with Gasteiger partial charge in [-0.25, -0.2) is 9.37 Å². The number of aromatic nitrogens is 2. The highest BCUT2D eigenvalue weighted by Gasteiger charge is 2.35. The van der Waals surface area contributed by atoms with Crippen molar-refractivity contribution in [3.8, 4) is 0 Å². The first-order valence-electron chi connectivity index (χ1n) is 9.57. The molecule has 0 aliphatic carbocycles. The van der Waals surface area contributed by atoms with E-state index >= 15 is 0 Å². The van der Waals surface area contributed by atoms with E-state index in [0.29, 0.717) is 25.0 Å². The Bertz CT molecular complexity index is 653. The van der Waals surface area contributed by atoms with Crippen LogP contribution in [0.25, 0.3) is 0 Å². The minimum absolute atomic E-state index is 0.161. The summed E-state index contributed by atoms with van der Waals surface area (Å²) in [6.45, 7) is 5.59. The number of nitrogens with one attached hydrogen (secondary N) is 1. The average molecular weight is 380 g/mol. The first kappa shape index (κ1) is 19.8. The Kier molecular flexibility index (Phi) is 6.43. The van der Waals surface area contributed by atoms with E-state index in [2.05, 4.69) is 37.0 Å². The fraction of sp³-hybridized carbons (Fsp3) is 0.722. The predicted molar refractivity (Wildman–Crippen MR) is 102 cm³/mol. The number of likely N-dealkylation sites (N-methyl/N-ethyl adjacent to an activating group) is 1. The van der Waals surface area contributed by atoms with Crippen molar-refractivity contribution < 1.29 is 14.3 Å². The Morgan fingerprint density at radius 1 is 1.33 bits per heavy atom. The van der Waals surface area contributed by atoms with E-state index in [4.69, 9.17) is 5.11 Å². The number of carbonyl (C=O) groups is 1. The van der Waals surface area contributed by atoms with Crippen molar-refractivity contribution in [1.82, 2.24) is 19.8 Å². The molecule has 0 aromatic carbocycles. The number of halogens is 1. The van der Waals surface area contributed by atoms with Crippen LogP contribution in [0.2, 0.25) is 0 Å². The molecule has 8 nitrogen and oxygen atoms in total. The van der Waals surface area contributed by atoms with Crippen LogP contribution >= 0.6 is 0 Å². The smallest absolute Gasteiger partial charge is 0.303 e. The second kappa shape index (κ2) is 8.79. The molecule has 27 heavy (non-hydrogen) atoms. The highest BCUT2D eigenvalue weighted by molar-refractivity contribution is 5.66. The van der Waals surface area contributed by atoms with E-state index < -0.39 is 11.8 Å². The van der Waals surface area contributed by atoms with Crippen LogP contribution in [0, 0.1) is 11.7 Å². The zero-order chi connectivity index (χ0) is 19.4. The Morgan fingerprint density at radius 2 is 2.07 bits per heavy atom. The predicted octanol–water partition coefficient (Wildman–Crippen LogP) is 0.965. The number of nitrogens with zero attached hydrogens (tertiary/aromatic N) is 5. The molecule has 0 amide bonds. The molecule has 3 heterocycles. The molecule has 2 atom stereocenters. The molecule has 0 radical (unpaired) electrons. The zero-order valence-corrected chi connectivity index (χ0v) is 16.1. The summed E-state index contributed by atoms with van der Waals surface area (Å²) < 4.78 is 13.7. The number of hydrogen-bond donors (Lipinski definition) is 2. The van der Waals surface area contributed by atoms with Crippen LogP contribution in [-0.4, -0.2) is 90.2 Å². The molecule has 1 aromatic rings. The number of hydrogen-bond acceptors (Lipinski definition) is 7. The molecular weight excluding hydrogens is 351 g/mol. The summed E-state index contributed by atoms with van der Waals surface area (Å²) in [6, 6.07) is 0.374. The maximum absolute atomic E-state index is 13.7. The molecule has 2 aliphatic heterocycles. The van der Waals surface area contributed by atoms with Crippen LogP contribution in [0.4, 0.5) is 16.2 Å². The number of rotatable bonds is 6. The molecule has 0 saturated carbocycles. The van der Waals surface area contributed by atoms with E-state index in [0.717, 1.165) is 39.1 Å². The number of aliphatic carboxylic acids is 1. The summed E-state index contributed by atoms with van der Waals surface area (Å²) in [5, 5.41) is 11.9. The number of carboxylic acid groups (broad SMARTS) is 1.